The van der Waals surface area contributed by atoms with Crippen LogP contribution in [0.3, 0.4) is 0 Å². The van der Waals surface area contributed by atoms with Crippen molar-refractivity contribution in [1.29, 1.82) is 0 Å². The van der Waals surface area contributed by atoms with E-state index in [0.29, 0.717) is 0 Å². The van der Waals surface area contributed by atoms with E-state index in [4.69, 9.17) is 0 Å². The number of benzene rings is 2. The summed E-state index contributed by atoms with van der Waals surface area (Å²) in [6.07, 6.45) is 3.14. The molecule has 0 saturated carbocycles. The number of hydrogen-bond donors (Lipinski definition) is 0. The average Bonchev–Trinajstić information content (AvgIpc) is 2.65. The predicted molar refractivity (Wildman–Crippen MR) is 92.1 cm³/mol. The Balaban J connectivity index is 2.54. The van der Waals surface area contributed by atoms with E-state index in [-0.39, 0.29) is 5.57 Å². The average molecular weight is 322 g/mol. The Morgan fingerprint density at radius 1 is 0.708 bits per heavy atom. The number of carbonyl (C=O) groups excluding carboxylic acids is 2. The minimum atomic E-state index is -0.737. The van der Waals surface area contributed by atoms with E-state index in [1.807, 2.05) is 60.7 Å². The molecule has 0 bridgehead atoms. The van der Waals surface area contributed by atoms with Crippen LogP contribution in [0.15, 0.2) is 78.4 Å². The lowest BCUT2D eigenvalue weighted by atomic mass is 9.97. The first-order chi connectivity index (χ1) is 11.7. The molecule has 0 spiro atoms. The summed E-state index contributed by atoms with van der Waals surface area (Å²) in [6, 6.07) is 19.4. The third-order valence-electron chi connectivity index (χ3n) is 3.40. The number of esters is 2. The summed E-state index contributed by atoms with van der Waals surface area (Å²) in [7, 11) is 2.44. The van der Waals surface area contributed by atoms with Crippen molar-refractivity contribution in [3.05, 3.63) is 89.5 Å². The van der Waals surface area contributed by atoms with E-state index in [1.165, 1.54) is 20.3 Å². The summed E-state index contributed by atoms with van der Waals surface area (Å²) in [5.41, 5.74) is 2.65. The molecule has 2 aromatic rings. The highest BCUT2D eigenvalue weighted by molar-refractivity contribution is 6.14. The quantitative estimate of drug-likeness (QED) is 0.278. The normalized spacial score (nSPS) is 9.58. The third-order valence-corrected chi connectivity index (χ3v) is 3.40. The molecule has 0 aliphatic heterocycles. The molecule has 0 atom stereocenters. The van der Waals surface area contributed by atoms with Crippen molar-refractivity contribution in [2.24, 2.45) is 0 Å². The molecule has 2 rings (SSSR count). The predicted octanol–water partition coefficient (Wildman–Crippen LogP) is 3.39. The molecular weight excluding hydrogens is 304 g/mol. The van der Waals surface area contributed by atoms with Crippen molar-refractivity contribution < 1.29 is 19.1 Å². The third kappa shape index (κ3) is 4.20. The van der Waals surface area contributed by atoms with Gasteiger partial charge in [-0.25, -0.2) is 9.59 Å². The number of carbonyl (C=O) groups is 2. The summed E-state index contributed by atoms with van der Waals surface area (Å²) >= 11 is 0. The molecular formula is C20H18O4. The van der Waals surface area contributed by atoms with Crippen molar-refractivity contribution in [3.8, 4) is 0 Å². The lowest BCUT2D eigenvalue weighted by Gasteiger charge is -2.08. The largest absolute Gasteiger partial charge is 0.465 e. The van der Waals surface area contributed by atoms with Crippen molar-refractivity contribution >= 4 is 17.5 Å². The summed E-state index contributed by atoms with van der Waals surface area (Å²) in [4.78, 5) is 23.6. The molecule has 0 heterocycles. The fourth-order valence-electron chi connectivity index (χ4n) is 2.20. The lowest BCUT2D eigenvalue weighted by molar-refractivity contribution is -0.144. The fourth-order valence-corrected chi connectivity index (χ4v) is 2.20. The maximum Gasteiger partial charge on any atom is 0.345 e. The number of hydrogen-bond acceptors (Lipinski definition) is 4. The molecule has 24 heavy (non-hydrogen) atoms. The summed E-state index contributed by atoms with van der Waals surface area (Å²) in [5, 5.41) is 0. The standard InChI is InChI=1S/C20H18O4/c1-23-19(21)18(20(22)24-2)14-13-17(15-9-5-3-6-10-15)16-11-7-4-8-12-16/h3-14H,1-2H3. The van der Waals surface area contributed by atoms with Crippen LogP contribution in [0.25, 0.3) is 5.57 Å². The second-order valence-corrected chi connectivity index (χ2v) is 4.88. The molecule has 0 aliphatic rings. The van der Waals surface area contributed by atoms with Gasteiger partial charge in [-0.2, -0.15) is 0 Å². The Hall–Kier alpha value is -3.14. The van der Waals surface area contributed by atoms with Gasteiger partial charge < -0.3 is 9.47 Å². The molecule has 0 unspecified atom stereocenters. The Morgan fingerprint density at radius 3 is 1.50 bits per heavy atom. The molecule has 0 amide bonds. The molecule has 0 fully saturated rings. The highest BCUT2D eigenvalue weighted by Gasteiger charge is 2.18. The van der Waals surface area contributed by atoms with E-state index in [9.17, 15) is 9.59 Å². The van der Waals surface area contributed by atoms with Gasteiger partial charge in [-0.3, -0.25) is 0 Å². The van der Waals surface area contributed by atoms with Crippen LogP contribution in [0.4, 0.5) is 0 Å². The van der Waals surface area contributed by atoms with Gasteiger partial charge in [0, 0.05) is 0 Å². The van der Waals surface area contributed by atoms with Crippen LogP contribution >= 0.6 is 0 Å². The number of methoxy groups -OCH3 is 2. The zero-order valence-corrected chi connectivity index (χ0v) is 13.6. The second kappa shape index (κ2) is 8.48. The molecule has 0 N–H and O–H groups in total. The highest BCUT2D eigenvalue weighted by Crippen LogP contribution is 2.23. The van der Waals surface area contributed by atoms with E-state index in [0.717, 1.165) is 16.7 Å². The molecule has 4 heteroatoms. The molecule has 0 aliphatic carbocycles. The molecule has 4 nitrogen and oxygen atoms in total. The van der Waals surface area contributed by atoms with Crippen molar-refractivity contribution in [3.63, 3.8) is 0 Å². The SMILES string of the molecule is COC(=O)C(=CC=C(c1ccccc1)c1ccccc1)C(=O)OC. The Kier molecular flexibility index (Phi) is 6.08. The maximum atomic E-state index is 11.8. The minimum absolute atomic E-state index is 0.163. The van der Waals surface area contributed by atoms with Crippen LogP contribution in [0.2, 0.25) is 0 Å². The van der Waals surface area contributed by atoms with Gasteiger partial charge >= 0.3 is 11.9 Å². The molecule has 0 radical (unpaired) electrons. The number of rotatable bonds is 5. The van der Waals surface area contributed by atoms with Crippen molar-refractivity contribution in [2.45, 2.75) is 0 Å². The van der Waals surface area contributed by atoms with E-state index >= 15 is 0 Å². The summed E-state index contributed by atoms with van der Waals surface area (Å²) < 4.78 is 9.28. The Bertz CT molecular complexity index is 699. The first-order valence-electron chi connectivity index (χ1n) is 7.37. The van der Waals surface area contributed by atoms with Gasteiger partial charge in [0.25, 0.3) is 0 Å². The lowest BCUT2D eigenvalue weighted by Crippen LogP contribution is -2.15. The molecule has 0 saturated heterocycles. The maximum absolute atomic E-state index is 11.8. The number of ether oxygens (including phenoxy) is 2. The van der Waals surface area contributed by atoms with E-state index < -0.39 is 11.9 Å². The fraction of sp³-hybridized carbons (Fsp3) is 0.100. The van der Waals surface area contributed by atoms with Gasteiger partial charge in [0.05, 0.1) is 14.2 Å². The first-order valence-corrected chi connectivity index (χ1v) is 7.37. The topological polar surface area (TPSA) is 52.6 Å². The summed E-state index contributed by atoms with van der Waals surface area (Å²) in [6.45, 7) is 0. The van der Waals surface area contributed by atoms with Crippen LogP contribution in [0, 0.1) is 0 Å². The van der Waals surface area contributed by atoms with Gasteiger partial charge in [0.15, 0.2) is 0 Å². The van der Waals surface area contributed by atoms with Gasteiger partial charge in [-0.05, 0) is 22.8 Å². The van der Waals surface area contributed by atoms with Crippen LogP contribution in [0.1, 0.15) is 11.1 Å². The van der Waals surface area contributed by atoms with E-state index in [2.05, 4.69) is 9.47 Å². The zero-order chi connectivity index (χ0) is 17.4. The minimum Gasteiger partial charge on any atom is -0.465 e. The molecule has 122 valence electrons. The molecule has 0 aromatic heterocycles. The second-order valence-electron chi connectivity index (χ2n) is 4.88. The van der Waals surface area contributed by atoms with Crippen LogP contribution in [0.5, 0.6) is 0 Å². The highest BCUT2D eigenvalue weighted by atomic mass is 16.5. The van der Waals surface area contributed by atoms with Crippen molar-refractivity contribution in [2.75, 3.05) is 14.2 Å². The zero-order valence-electron chi connectivity index (χ0n) is 13.6. The monoisotopic (exact) mass is 322 g/mol. The van der Waals surface area contributed by atoms with Crippen LogP contribution in [-0.2, 0) is 19.1 Å². The van der Waals surface area contributed by atoms with E-state index in [1.54, 1.807) is 6.08 Å². The Labute approximate surface area is 141 Å². The first kappa shape index (κ1) is 17.2. The number of allylic oxidation sites excluding steroid dienone is 2. The van der Waals surface area contributed by atoms with Gasteiger partial charge in [0.2, 0.25) is 0 Å². The smallest absolute Gasteiger partial charge is 0.345 e. The molecule has 2 aromatic carbocycles. The Morgan fingerprint density at radius 2 is 1.12 bits per heavy atom. The van der Waals surface area contributed by atoms with Gasteiger partial charge in [-0.15, -0.1) is 0 Å². The van der Waals surface area contributed by atoms with Gasteiger partial charge in [-0.1, -0.05) is 66.7 Å². The van der Waals surface area contributed by atoms with Crippen molar-refractivity contribution in [1.82, 2.24) is 0 Å². The van der Waals surface area contributed by atoms with Gasteiger partial charge in [0.1, 0.15) is 5.57 Å². The summed E-state index contributed by atoms with van der Waals surface area (Å²) in [5.74, 6) is -1.47. The van der Waals surface area contributed by atoms with Crippen LogP contribution in [-0.4, -0.2) is 26.2 Å². The van der Waals surface area contributed by atoms with Crippen LogP contribution < -0.4 is 0 Å².